The molecule has 0 aliphatic carbocycles. The summed E-state index contributed by atoms with van der Waals surface area (Å²) in [5, 5.41) is 3.29. The molecule has 106 valence electrons. The standard InChI is InChI=1S/C15H16BrFN2O/c1-2-7-18-9-11-3-6-15(19-10-11)20-14-5-4-12(16)8-13(14)17/h3-6,8,10,18H,2,7,9H2,1H3. The molecule has 20 heavy (non-hydrogen) atoms. The molecular weight excluding hydrogens is 323 g/mol. The highest BCUT2D eigenvalue weighted by molar-refractivity contribution is 9.10. The Hall–Kier alpha value is -1.46. The van der Waals surface area contributed by atoms with E-state index in [2.05, 4.69) is 33.2 Å². The number of nitrogens with zero attached hydrogens (tertiary/aromatic N) is 1. The third kappa shape index (κ3) is 4.28. The van der Waals surface area contributed by atoms with E-state index in [1.807, 2.05) is 6.07 Å². The SMILES string of the molecule is CCCNCc1ccc(Oc2ccc(Br)cc2F)nc1. The van der Waals surface area contributed by atoms with Gasteiger partial charge in [-0.15, -0.1) is 0 Å². The molecule has 1 heterocycles. The van der Waals surface area contributed by atoms with Crippen LogP contribution in [0, 0.1) is 5.82 Å². The van der Waals surface area contributed by atoms with Crippen molar-refractivity contribution in [1.29, 1.82) is 0 Å². The molecule has 0 aliphatic rings. The van der Waals surface area contributed by atoms with Crippen molar-refractivity contribution in [2.24, 2.45) is 0 Å². The van der Waals surface area contributed by atoms with Crippen LogP contribution in [0.2, 0.25) is 0 Å². The molecular formula is C15H16BrFN2O. The van der Waals surface area contributed by atoms with Gasteiger partial charge in [0.25, 0.3) is 0 Å². The fourth-order valence-corrected chi connectivity index (χ4v) is 1.99. The molecule has 0 amide bonds. The number of hydrogen-bond acceptors (Lipinski definition) is 3. The van der Waals surface area contributed by atoms with Crippen molar-refractivity contribution in [3.05, 3.63) is 52.4 Å². The highest BCUT2D eigenvalue weighted by Crippen LogP contribution is 2.25. The van der Waals surface area contributed by atoms with Crippen molar-refractivity contribution in [2.45, 2.75) is 19.9 Å². The van der Waals surface area contributed by atoms with Crippen molar-refractivity contribution in [3.63, 3.8) is 0 Å². The van der Waals surface area contributed by atoms with Crippen LogP contribution >= 0.6 is 15.9 Å². The topological polar surface area (TPSA) is 34.1 Å². The minimum absolute atomic E-state index is 0.164. The summed E-state index contributed by atoms with van der Waals surface area (Å²) in [6.45, 7) is 3.87. The van der Waals surface area contributed by atoms with Gasteiger partial charge in [-0.2, -0.15) is 0 Å². The van der Waals surface area contributed by atoms with E-state index < -0.39 is 5.82 Å². The number of hydrogen-bond donors (Lipinski definition) is 1. The number of ether oxygens (including phenoxy) is 1. The van der Waals surface area contributed by atoms with E-state index in [0.717, 1.165) is 25.1 Å². The Bertz CT molecular complexity index is 560. The molecule has 0 radical (unpaired) electrons. The zero-order valence-corrected chi connectivity index (χ0v) is 12.8. The second kappa shape index (κ2) is 7.36. The van der Waals surface area contributed by atoms with Gasteiger partial charge in [-0.1, -0.05) is 28.9 Å². The highest BCUT2D eigenvalue weighted by Gasteiger charge is 2.06. The van der Waals surface area contributed by atoms with Gasteiger partial charge >= 0.3 is 0 Å². The van der Waals surface area contributed by atoms with Crippen LogP contribution in [0.3, 0.4) is 0 Å². The molecule has 0 atom stereocenters. The Morgan fingerprint density at radius 1 is 1.30 bits per heavy atom. The number of pyridine rings is 1. The number of benzene rings is 1. The van der Waals surface area contributed by atoms with Gasteiger partial charge in [0.05, 0.1) is 0 Å². The van der Waals surface area contributed by atoms with Crippen LogP contribution in [0.25, 0.3) is 0 Å². The zero-order valence-electron chi connectivity index (χ0n) is 11.2. The van der Waals surface area contributed by atoms with E-state index in [4.69, 9.17) is 4.74 Å². The lowest BCUT2D eigenvalue weighted by Gasteiger charge is -2.07. The van der Waals surface area contributed by atoms with Gasteiger partial charge in [0.15, 0.2) is 11.6 Å². The normalized spacial score (nSPS) is 10.6. The smallest absolute Gasteiger partial charge is 0.219 e. The molecule has 1 N–H and O–H groups in total. The molecule has 2 rings (SSSR count). The number of halogens is 2. The molecule has 5 heteroatoms. The van der Waals surface area contributed by atoms with Crippen LogP contribution in [0.4, 0.5) is 4.39 Å². The average Bonchev–Trinajstić information content (AvgIpc) is 2.44. The number of nitrogens with one attached hydrogen (secondary N) is 1. The van der Waals surface area contributed by atoms with Crippen LogP contribution in [-0.2, 0) is 6.54 Å². The first-order chi connectivity index (χ1) is 9.69. The second-order valence-corrected chi connectivity index (χ2v) is 5.27. The van der Waals surface area contributed by atoms with E-state index in [-0.39, 0.29) is 5.75 Å². The maximum atomic E-state index is 13.6. The Kier molecular flexibility index (Phi) is 5.49. The van der Waals surface area contributed by atoms with Gasteiger partial charge in [0, 0.05) is 23.3 Å². The van der Waals surface area contributed by atoms with Crippen LogP contribution in [0.15, 0.2) is 41.0 Å². The fraction of sp³-hybridized carbons (Fsp3) is 0.267. The van der Waals surface area contributed by atoms with Gasteiger partial charge < -0.3 is 10.1 Å². The lowest BCUT2D eigenvalue weighted by atomic mass is 10.3. The van der Waals surface area contributed by atoms with Crippen molar-refractivity contribution in [1.82, 2.24) is 10.3 Å². The molecule has 0 unspecified atom stereocenters. The Balaban J connectivity index is 1.99. The first kappa shape index (κ1) is 14.9. The van der Waals surface area contributed by atoms with Gasteiger partial charge in [0.1, 0.15) is 0 Å². The third-order valence-corrected chi connectivity index (χ3v) is 3.16. The highest BCUT2D eigenvalue weighted by atomic mass is 79.9. The number of aromatic nitrogens is 1. The summed E-state index contributed by atoms with van der Waals surface area (Å²) in [6, 6.07) is 8.31. The molecule has 1 aromatic carbocycles. The summed E-state index contributed by atoms with van der Waals surface area (Å²) < 4.78 is 19.7. The largest absolute Gasteiger partial charge is 0.436 e. The Labute approximate surface area is 126 Å². The van der Waals surface area contributed by atoms with Crippen LogP contribution in [0.5, 0.6) is 11.6 Å². The zero-order chi connectivity index (χ0) is 14.4. The summed E-state index contributed by atoms with van der Waals surface area (Å²) in [4.78, 5) is 4.18. The predicted molar refractivity (Wildman–Crippen MR) is 80.4 cm³/mol. The maximum Gasteiger partial charge on any atom is 0.219 e. The Morgan fingerprint density at radius 2 is 2.15 bits per heavy atom. The lowest BCUT2D eigenvalue weighted by Crippen LogP contribution is -2.13. The molecule has 3 nitrogen and oxygen atoms in total. The molecule has 0 saturated carbocycles. The van der Waals surface area contributed by atoms with E-state index >= 15 is 0 Å². The minimum Gasteiger partial charge on any atom is -0.436 e. The quantitative estimate of drug-likeness (QED) is 0.798. The summed E-state index contributed by atoms with van der Waals surface area (Å²) in [5.74, 6) is 0.123. The first-order valence-corrected chi connectivity index (χ1v) is 7.27. The van der Waals surface area contributed by atoms with Crippen molar-refractivity contribution in [2.75, 3.05) is 6.54 Å². The third-order valence-electron chi connectivity index (χ3n) is 2.66. The van der Waals surface area contributed by atoms with Crippen molar-refractivity contribution in [3.8, 4) is 11.6 Å². The monoisotopic (exact) mass is 338 g/mol. The average molecular weight is 339 g/mol. The van der Waals surface area contributed by atoms with Crippen LogP contribution in [0.1, 0.15) is 18.9 Å². The predicted octanol–water partition coefficient (Wildman–Crippen LogP) is 4.28. The van der Waals surface area contributed by atoms with Gasteiger partial charge in [-0.3, -0.25) is 0 Å². The van der Waals surface area contributed by atoms with Gasteiger partial charge in [-0.25, -0.2) is 9.37 Å². The minimum atomic E-state index is -0.421. The number of rotatable bonds is 6. The summed E-state index contributed by atoms with van der Waals surface area (Å²) >= 11 is 3.20. The molecule has 1 aromatic heterocycles. The molecule has 0 fully saturated rings. The molecule has 2 aromatic rings. The Morgan fingerprint density at radius 3 is 2.80 bits per heavy atom. The molecule has 0 spiro atoms. The first-order valence-electron chi connectivity index (χ1n) is 6.47. The van der Waals surface area contributed by atoms with Crippen molar-refractivity contribution >= 4 is 15.9 Å². The molecule has 0 saturated heterocycles. The maximum absolute atomic E-state index is 13.6. The lowest BCUT2D eigenvalue weighted by molar-refractivity contribution is 0.427. The van der Waals surface area contributed by atoms with Crippen LogP contribution in [-0.4, -0.2) is 11.5 Å². The van der Waals surface area contributed by atoms with Crippen molar-refractivity contribution < 1.29 is 9.13 Å². The van der Waals surface area contributed by atoms with E-state index in [0.29, 0.717) is 10.4 Å². The molecule has 0 bridgehead atoms. The van der Waals surface area contributed by atoms with Gasteiger partial charge in [-0.05, 0) is 36.7 Å². The van der Waals surface area contributed by atoms with E-state index in [9.17, 15) is 4.39 Å². The molecule has 0 aliphatic heterocycles. The summed E-state index contributed by atoms with van der Waals surface area (Å²) in [7, 11) is 0. The van der Waals surface area contributed by atoms with E-state index in [1.165, 1.54) is 6.07 Å². The van der Waals surface area contributed by atoms with Crippen LogP contribution < -0.4 is 10.1 Å². The second-order valence-electron chi connectivity index (χ2n) is 4.36. The van der Waals surface area contributed by atoms with Gasteiger partial charge in [0.2, 0.25) is 5.88 Å². The fourth-order valence-electron chi connectivity index (χ4n) is 1.66. The van der Waals surface area contributed by atoms with E-state index in [1.54, 1.807) is 24.4 Å². The summed E-state index contributed by atoms with van der Waals surface area (Å²) in [5.41, 5.74) is 1.07. The summed E-state index contributed by atoms with van der Waals surface area (Å²) in [6.07, 6.45) is 2.83.